The number of benzene rings is 3. The van der Waals surface area contributed by atoms with E-state index in [1.54, 1.807) is 6.07 Å². The molecule has 1 N–H and O–H groups in total. The summed E-state index contributed by atoms with van der Waals surface area (Å²) >= 11 is 6.66. The summed E-state index contributed by atoms with van der Waals surface area (Å²) in [4.78, 5) is 35.7. The van der Waals surface area contributed by atoms with Gasteiger partial charge in [-0.15, -0.1) is 18.3 Å². The predicted molar refractivity (Wildman–Crippen MR) is 181 cm³/mol. The van der Waals surface area contributed by atoms with Crippen molar-refractivity contribution >= 4 is 51.8 Å². The minimum Gasteiger partial charge on any atom is -0.467 e. The number of anilines is 1. The molecule has 1 aliphatic heterocycles. The minimum atomic E-state index is -4.78. The molecule has 10 nitrogen and oxygen atoms in total. The SMILES string of the molecule is COC(=O)C(CCc1ccc(-c2ncn(-c3ccc(OC(F)(F)F)cc3)n2)cc1)NC(=S)/N=C1\SCC(=O)N1c1ccc(F)cc1C(C)C. The smallest absolute Gasteiger partial charge is 0.467 e. The number of aliphatic imine (C=N–C) groups is 1. The fourth-order valence-corrected chi connectivity index (χ4v) is 6.14. The molecule has 1 atom stereocenters. The number of aryl methyl sites for hydroxylation is 1. The van der Waals surface area contributed by atoms with E-state index in [0.717, 1.165) is 5.56 Å². The Morgan fingerprint density at radius 3 is 2.47 bits per heavy atom. The molecular weight excluding hydrogens is 685 g/mol. The monoisotopic (exact) mass is 714 g/mol. The van der Waals surface area contributed by atoms with Gasteiger partial charge in [0.2, 0.25) is 5.91 Å². The molecule has 4 aromatic rings. The first kappa shape index (κ1) is 35.5. The van der Waals surface area contributed by atoms with Crippen LogP contribution in [-0.4, -0.2) is 62.2 Å². The Morgan fingerprint density at radius 2 is 1.82 bits per heavy atom. The number of halogens is 4. The van der Waals surface area contributed by atoms with Crippen molar-refractivity contribution < 1.29 is 36.6 Å². The first-order valence-corrected chi connectivity index (χ1v) is 16.3. The predicted octanol–water partition coefficient (Wildman–Crippen LogP) is 6.58. The molecule has 1 aliphatic rings. The summed E-state index contributed by atoms with van der Waals surface area (Å²) in [6.07, 6.45) is -2.56. The van der Waals surface area contributed by atoms with Gasteiger partial charge in [0.05, 0.1) is 24.2 Å². The van der Waals surface area contributed by atoms with Crippen molar-refractivity contribution in [2.45, 2.75) is 45.0 Å². The number of aromatic nitrogens is 3. The molecule has 0 radical (unpaired) electrons. The zero-order valence-corrected chi connectivity index (χ0v) is 28.0. The average molecular weight is 715 g/mol. The maximum atomic E-state index is 14.0. The van der Waals surface area contributed by atoms with Crippen LogP contribution >= 0.6 is 24.0 Å². The van der Waals surface area contributed by atoms with Crippen molar-refractivity contribution in [1.82, 2.24) is 20.1 Å². The Labute approximate surface area is 288 Å². The number of hydrogen-bond acceptors (Lipinski definition) is 8. The number of thiocarbonyl (C=S) groups is 1. The molecule has 16 heteroatoms. The van der Waals surface area contributed by atoms with Crippen molar-refractivity contribution in [2.24, 2.45) is 4.99 Å². The molecule has 1 amide bonds. The third-order valence-electron chi connectivity index (χ3n) is 7.36. The van der Waals surface area contributed by atoms with Crippen molar-refractivity contribution in [3.63, 3.8) is 0 Å². The summed E-state index contributed by atoms with van der Waals surface area (Å²) in [6, 6.07) is 16.0. The Morgan fingerprint density at radius 1 is 1.10 bits per heavy atom. The van der Waals surface area contributed by atoms with Gasteiger partial charge in [0, 0.05) is 5.56 Å². The summed E-state index contributed by atoms with van der Waals surface area (Å²) < 4.78 is 61.7. The average Bonchev–Trinajstić information content (AvgIpc) is 3.69. The van der Waals surface area contributed by atoms with Gasteiger partial charge < -0.3 is 14.8 Å². The van der Waals surface area contributed by atoms with E-state index < -0.39 is 24.2 Å². The summed E-state index contributed by atoms with van der Waals surface area (Å²) in [5, 5.41) is 7.67. The first-order valence-electron chi connectivity index (χ1n) is 14.9. The first-order chi connectivity index (χ1) is 23.3. The number of rotatable bonds is 10. The largest absolute Gasteiger partial charge is 0.573 e. The number of thioether (sulfide) groups is 1. The zero-order valence-electron chi connectivity index (χ0n) is 26.4. The van der Waals surface area contributed by atoms with E-state index >= 15 is 0 Å². The lowest BCUT2D eigenvalue weighted by Crippen LogP contribution is -2.41. The van der Waals surface area contributed by atoms with Gasteiger partial charge in [-0.05, 0) is 84.6 Å². The fourth-order valence-electron chi connectivity index (χ4n) is 4.98. The third kappa shape index (κ3) is 9.00. The molecule has 49 heavy (non-hydrogen) atoms. The molecule has 3 aromatic carbocycles. The molecule has 0 spiro atoms. The number of esters is 1. The highest BCUT2D eigenvalue weighted by molar-refractivity contribution is 8.15. The lowest BCUT2D eigenvalue weighted by Gasteiger charge is -2.22. The molecule has 1 saturated heterocycles. The molecule has 1 unspecified atom stereocenters. The quantitative estimate of drug-likeness (QED) is 0.111. The van der Waals surface area contributed by atoms with Crippen molar-refractivity contribution in [3.05, 3.63) is 90.0 Å². The van der Waals surface area contributed by atoms with E-state index in [0.29, 0.717) is 46.3 Å². The molecule has 5 rings (SSSR count). The van der Waals surface area contributed by atoms with E-state index in [1.165, 1.54) is 71.2 Å². The highest BCUT2D eigenvalue weighted by Crippen LogP contribution is 2.34. The molecule has 0 aliphatic carbocycles. The number of alkyl halides is 3. The molecule has 2 heterocycles. The van der Waals surface area contributed by atoms with Gasteiger partial charge in [-0.2, -0.15) is 4.99 Å². The minimum absolute atomic E-state index is 0.00895. The van der Waals surface area contributed by atoms with Crippen molar-refractivity contribution in [3.8, 4) is 22.8 Å². The van der Waals surface area contributed by atoms with Crippen LogP contribution in [0.25, 0.3) is 17.1 Å². The molecule has 0 saturated carbocycles. The Hall–Kier alpha value is -4.83. The van der Waals surface area contributed by atoms with Gasteiger partial charge in [-0.25, -0.2) is 18.9 Å². The van der Waals surface area contributed by atoms with Crippen LogP contribution in [0.2, 0.25) is 0 Å². The molecule has 256 valence electrons. The number of amidine groups is 1. The zero-order chi connectivity index (χ0) is 35.3. The summed E-state index contributed by atoms with van der Waals surface area (Å²) in [7, 11) is 1.27. The number of ether oxygens (including phenoxy) is 2. The lowest BCUT2D eigenvalue weighted by atomic mass is 10.0. The third-order valence-corrected chi connectivity index (χ3v) is 8.49. The Bertz CT molecular complexity index is 1860. The number of amides is 1. The van der Waals surface area contributed by atoms with Gasteiger partial charge in [0.25, 0.3) is 0 Å². The second-order valence-corrected chi connectivity index (χ2v) is 12.4. The number of carbonyl (C=O) groups is 2. The van der Waals surface area contributed by atoms with Crippen LogP contribution in [0.5, 0.6) is 5.75 Å². The van der Waals surface area contributed by atoms with Crippen LogP contribution in [-0.2, 0) is 20.7 Å². The summed E-state index contributed by atoms with van der Waals surface area (Å²) in [6.45, 7) is 3.81. The molecule has 0 bridgehead atoms. The topological polar surface area (TPSA) is 111 Å². The Balaban J connectivity index is 1.23. The molecule has 1 fully saturated rings. The maximum Gasteiger partial charge on any atom is 0.573 e. The van der Waals surface area contributed by atoms with Crippen molar-refractivity contribution in [2.75, 3.05) is 17.8 Å². The van der Waals surface area contributed by atoms with Gasteiger partial charge in [0.1, 0.15) is 23.9 Å². The van der Waals surface area contributed by atoms with E-state index in [1.807, 2.05) is 38.1 Å². The number of methoxy groups -OCH3 is 1. The number of carbonyl (C=O) groups excluding carboxylic acids is 2. The van der Waals surface area contributed by atoms with Crippen LogP contribution in [0.3, 0.4) is 0 Å². The van der Waals surface area contributed by atoms with Crippen LogP contribution < -0.4 is 15.0 Å². The van der Waals surface area contributed by atoms with Crippen molar-refractivity contribution in [1.29, 1.82) is 0 Å². The number of nitrogens with one attached hydrogen (secondary N) is 1. The summed E-state index contributed by atoms with van der Waals surface area (Å²) in [5.74, 6) is -1.03. The van der Waals surface area contributed by atoms with Crippen LogP contribution in [0, 0.1) is 5.82 Å². The normalized spacial score (nSPS) is 14.7. The second kappa shape index (κ2) is 15.2. The fraction of sp³-hybridized carbons (Fsp3) is 0.273. The van der Waals surface area contributed by atoms with E-state index in [2.05, 4.69) is 25.1 Å². The maximum absolute atomic E-state index is 14.0. The van der Waals surface area contributed by atoms with Gasteiger partial charge >= 0.3 is 12.3 Å². The number of nitrogens with zero attached hydrogens (tertiary/aromatic N) is 5. The van der Waals surface area contributed by atoms with Crippen LogP contribution in [0.15, 0.2) is 78.0 Å². The van der Waals surface area contributed by atoms with Crippen LogP contribution in [0.4, 0.5) is 23.2 Å². The standard InChI is InChI=1S/C33H30F4N6O4S2/c1-19(2)25-16-22(34)9-15-27(25)43-28(44)17-49-32(43)40-31(48)39-26(30(45)46-3)14-6-20-4-7-21(8-5-20)29-38-18-42(41-29)23-10-12-24(13-11-23)47-33(35,36)37/h4-5,7-13,15-16,18-19,26H,6,14,17H2,1-3H3,(H,39,48)/b40-32-. The van der Waals surface area contributed by atoms with Gasteiger partial charge in [-0.1, -0.05) is 49.9 Å². The van der Waals surface area contributed by atoms with E-state index in [-0.39, 0.29) is 28.4 Å². The lowest BCUT2D eigenvalue weighted by molar-refractivity contribution is -0.274. The number of hydrogen-bond donors (Lipinski definition) is 1. The van der Waals surface area contributed by atoms with E-state index in [4.69, 9.17) is 17.0 Å². The highest BCUT2D eigenvalue weighted by atomic mass is 32.2. The molecular formula is C33H30F4N6O4S2. The van der Waals surface area contributed by atoms with Gasteiger partial charge in [-0.3, -0.25) is 9.69 Å². The summed E-state index contributed by atoms with van der Waals surface area (Å²) in [5.41, 5.74) is 3.27. The van der Waals surface area contributed by atoms with Crippen LogP contribution in [0.1, 0.15) is 37.3 Å². The van der Waals surface area contributed by atoms with Gasteiger partial charge in [0.15, 0.2) is 16.1 Å². The van der Waals surface area contributed by atoms with E-state index in [9.17, 15) is 27.2 Å². The second-order valence-electron chi connectivity index (χ2n) is 11.1. The highest BCUT2D eigenvalue weighted by Gasteiger charge is 2.33. The Kier molecular flexibility index (Phi) is 11.0. The molecule has 1 aromatic heterocycles.